The van der Waals surface area contributed by atoms with Gasteiger partial charge in [-0.3, -0.25) is 19.1 Å². The Morgan fingerprint density at radius 2 is 1.94 bits per heavy atom. The van der Waals surface area contributed by atoms with Crippen LogP contribution in [-0.4, -0.2) is 37.0 Å². The normalized spacial score (nSPS) is 15.9. The lowest BCUT2D eigenvalue weighted by molar-refractivity contribution is -0.123. The number of halogens is 1. The number of piperidine rings is 1. The first kappa shape index (κ1) is 23.1. The average molecular weight is 489 g/mol. The highest BCUT2D eigenvalue weighted by Crippen LogP contribution is 2.31. The molecule has 35 heavy (non-hydrogen) atoms. The minimum Gasteiger partial charge on any atom is -0.356 e. The monoisotopic (exact) mass is 488 g/mol. The van der Waals surface area contributed by atoms with Crippen LogP contribution < -0.4 is 10.9 Å². The molecule has 1 amide bonds. The lowest BCUT2D eigenvalue weighted by Crippen LogP contribution is -2.34. The van der Waals surface area contributed by atoms with Crippen LogP contribution in [0.4, 0.5) is 0 Å². The Morgan fingerprint density at radius 3 is 2.71 bits per heavy atom. The van der Waals surface area contributed by atoms with Gasteiger partial charge >= 0.3 is 0 Å². The molecule has 0 bridgehead atoms. The molecule has 178 valence electrons. The first-order valence-corrected chi connectivity index (χ1v) is 12.0. The third-order valence-corrected chi connectivity index (χ3v) is 6.68. The molecular formula is C26H25ClN6O2. The summed E-state index contributed by atoms with van der Waals surface area (Å²) in [6.07, 6.45) is 7.22. The fraction of sp³-hybridized carbons (Fsp3) is 0.308. The third kappa shape index (κ3) is 4.79. The fourth-order valence-electron chi connectivity index (χ4n) is 4.55. The van der Waals surface area contributed by atoms with E-state index in [1.54, 1.807) is 42.2 Å². The van der Waals surface area contributed by atoms with E-state index in [1.165, 1.54) is 0 Å². The van der Waals surface area contributed by atoms with Crippen molar-refractivity contribution in [3.63, 3.8) is 0 Å². The molecule has 0 aliphatic carbocycles. The molecule has 0 spiro atoms. The number of amides is 1. The van der Waals surface area contributed by atoms with Crippen LogP contribution in [0, 0.1) is 19.8 Å². The maximum absolute atomic E-state index is 13.7. The van der Waals surface area contributed by atoms with Crippen molar-refractivity contribution in [1.82, 2.24) is 29.8 Å². The molecule has 1 aromatic carbocycles. The van der Waals surface area contributed by atoms with E-state index in [-0.39, 0.29) is 17.4 Å². The molecule has 1 saturated heterocycles. The zero-order valence-corrected chi connectivity index (χ0v) is 20.3. The largest absolute Gasteiger partial charge is 0.356 e. The Balaban J connectivity index is 1.56. The van der Waals surface area contributed by atoms with Gasteiger partial charge in [-0.2, -0.15) is 0 Å². The maximum atomic E-state index is 13.7. The van der Waals surface area contributed by atoms with Crippen molar-refractivity contribution < 1.29 is 4.79 Å². The van der Waals surface area contributed by atoms with Crippen LogP contribution >= 0.6 is 11.6 Å². The summed E-state index contributed by atoms with van der Waals surface area (Å²) in [7, 11) is 0. The second-order valence-electron chi connectivity index (χ2n) is 8.95. The molecule has 1 N–H and O–H groups in total. The van der Waals surface area contributed by atoms with Crippen LogP contribution in [0.1, 0.15) is 30.8 Å². The van der Waals surface area contributed by atoms with Crippen LogP contribution in [0.3, 0.4) is 0 Å². The number of hydrogen-bond donors (Lipinski definition) is 1. The first-order chi connectivity index (χ1) is 16.9. The number of aromatic nitrogens is 5. The van der Waals surface area contributed by atoms with Gasteiger partial charge in [-0.25, -0.2) is 15.0 Å². The van der Waals surface area contributed by atoms with E-state index in [0.717, 1.165) is 28.8 Å². The van der Waals surface area contributed by atoms with Crippen molar-refractivity contribution in [3.05, 3.63) is 69.8 Å². The predicted molar refractivity (Wildman–Crippen MR) is 135 cm³/mol. The predicted octanol–water partition coefficient (Wildman–Crippen LogP) is 4.10. The lowest BCUT2D eigenvalue weighted by Gasteiger charge is -2.22. The molecule has 1 fully saturated rings. The van der Waals surface area contributed by atoms with E-state index in [1.807, 2.05) is 19.1 Å². The fourth-order valence-corrected chi connectivity index (χ4v) is 4.83. The molecule has 4 heterocycles. The van der Waals surface area contributed by atoms with Crippen molar-refractivity contribution in [1.29, 1.82) is 0 Å². The van der Waals surface area contributed by atoms with Crippen LogP contribution in [0.5, 0.6) is 0 Å². The summed E-state index contributed by atoms with van der Waals surface area (Å²) < 4.78 is 1.70. The Bertz CT molecular complexity index is 1500. The highest BCUT2D eigenvalue weighted by atomic mass is 35.5. The van der Waals surface area contributed by atoms with Crippen molar-refractivity contribution in [3.8, 4) is 22.4 Å². The number of nitrogens with zero attached hydrogens (tertiary/aromatic N) is 5. The third-order valence-electron chi connectivity index (χ3n) is 6.37. The Labute approximate surface area is 207 Å². The van der Waals surface area contributed by atoms with Gasteiger partial charge in [0.15, 0.2) is 0 Å². The van der Waals surface area contributed by atoms with Gasteiger partial charge in [-0.05, 0) is 44.7 Å². The van der Waals surface area contributed by atoms with E-state index in [9.17, 15) is 9.59 Å². The summed E-state index contributed by atoms with van der Waals surface area (Å²) in [5.74, 6) is 0.892. The summed E-state index contributed by atoms with van der Waals surface area (Å²) in [5.41, 5.74) is 3.90. The van der Waals surface area contributed by atoms with Crippen molar-refractivity contribution in [2.45, 2.75) is 39.7 Å². The standard InChI is InChI=1S/C26H25ClN6O2/c1-15-12-28-14-23(31-15)18-3-4-20(22(27)11-18)21-10-19-13-30-16(2)32-25(19)33(26(21)35)8-6-17-5-7-29-24(34)9-17/h3-4,10-14,17H,5-9H2,1-2H3,(H,29,34). The summed E-state index contributed by atoms with van der Waals surface area (Å²) in [5, 5.41) is 4.07. The zero-order chi connectivity index (χ0) is 24.5. The van der Waals surface area contributed by atoms with Crippen molar-refractivity contribution >= 4 is 28.5 Å². The molecule has 1 aliphatic heterocycles. The molecule has 1 aliphatic rings. The van der Waals surface area contributed by atoms with E-state index in [4.69, 9.17) is 11.6 Å². The van der Waals surface area contributed by atoms with Crippen LogP contribution in [0.2, 0.25) is 5.02 Å². The van der Waals surface area contributed by atoms with Gasteiger partial charge in [0, 0.05) is 59.0 Å². The second-order valence-corrected chi connectivity index (χ2v) is 9.36. The van der Waals surface area contributed by atoms with E-state index < -0.39 is 0 Å². The molecular weight excluding hydrogens is 464 g/mol. The molecule has 9 heteroatoms. The van der Waals surface area contributed by atoms with Gasteiger partial charge in [0.1, 0.15) is 11.5 Å². The molecule has 3 aromatic heterocycles. The number of fused-ring (bicyclic) bond motifs is 1. The van der Waals surface area contributed by atoms with Crippen LogP contribution in [0.25, 0.3) is 33.4 Å². The minimum absolute atomic E-state index is 0.0653. The summed E-state index contributed by atoms with van der Waals surface area (Å²) in [6, 6.07) is 7.34. The van der Waals surface area contributed by atoms with Gasteiger partial charge in [0.2, 0.25) is 5.91 Å². The summed E-state index contributed by atoms with van der Waals surface area (Å²) in [4.78, 5) is 43.1. The highest BCUT2D eigenvalue weighted by molar-refractivity contribution is 6.33. The number of nitrogens with one attached hydrogen (secondary N) is 1. The summed E-state index contributed by atoms with van der Waals surface area (Å²) >= 11 is 6.70. The number of carbonyl (C=O) groups is 1. The van der Waals surface area contributed by atoms with Gasteiger partial charge in [-0.1, -0.05) is 23.7 Å². The number of aryl methyl sites for hydroxylation is 3. The first-order valence-electron chi connectivity index (χ1n) is 11.6. The van der Waals surface area contributed by atoms with Crippen molar-refractivity contribution in [2.24, 2.45) is 5.92 Å². The molecule has 1 unspecified atom stereocenters. The van der Waals surface area contributed by atoms with Gasteiger partial charge in [-0.15, -0.1) is 0 Å². The maximum Gasteiger partial charge on any atom is 0.260 e. The van der Waals surface area contributed by atoms with Gasteiger partial charge < -0.3 is 5.32 Å². The number of rotatable bonds is 5. The number of benzene rings is 1. The molecule has 8 nitrogen and oxygen atoms in total. The Hall–Kier alpha value is -3.65. The van der Waals surface area contributed by atoms with E-state index in [0.29, 0.717) is 53.6 Å². The Morgan fingerprint density at radius 1 is 1.09 bits per heavy atom. The molecule has 1 atom stereocenters. The van der Waals surface area contributed by atoms with Crippen LogP contribution in [0.15, 0.2) is 47.7 Å². The smallest absolute Gasteiger partial charge is 0.260 e. The van der Waals surface area contributed by atoms with Gasteiger partial charge in [0.25, 0.3) is 5.56 Å². The van der Waals surface area contributed by atoms with Gasteiger partial charge in [0.05, 0.1) is 17.6 Å². The second kappa shape index (κ2) is 9.54. The summed E-state index contributed by atoms with van der Waals surface area (Å²) in [6.45, 7) is 4.82. The van der Waals surface area contributed by atoms with E-state index in [2.05, 4.69) is 25.3 Å². The number of carbonyl (C=O) groups excluding carboxylic acids is 1. The molecule has 0 radical (unpaired) electrons. The van der Waals surface area contributed by atoms with Crippen LogP contribution in [-0.2, 0) is 11.3 Å². The number of pyridine rings is 1. The zero-order valence-electron chi connectivity index (χ0n) is 19.6. The highest BCUT2D eigenvalue weighted by Gasteiger charge is 2.21. The topological polar surface area (TPSA) is 103 Å². The average Bonchev–Trinajstić information content (AvgIpc) is 2.83. The molecule has 5 rings (SSSR count). The van der Waals surface area contributed by atoms with E-state index >= 15 is 0 Å². The quantitative estimate of drug-likeness (QED) is 0.453. The SMILES string of the molecule is Cc1cncc(-c2ccc(-c3cc4cnc(C)nc4n(CCC4CCNC(=O)C4)c3=O)c(Cl)c2)n1. The Kier molecular flexibility index (Phi) is 6.30. The minimum atomic E-state index is -0.166. The number of hydrogen-bond acceptors (Lipinski definition) is 6. The lowest BCUT2D eigenvalue weighted by atomic mass is 9.94. The molecule has 0 saturated carbocycles. The molecule has 4 aromatic rings. The van der Waals surface area contributed by atoms with Crippen molar-refractivity contribution in [2.75, 3.05) is 6.54 Å².